The van der Waals surface area contributed by atoms with Gasteiger partial charge in [0.15, 0.2) is 11.5 Å². The molecule has 3 nitrogen and oxygen atoms in total. The lowest BCUT2D eigenvalue weighted by Crippen LogP contribution is -2.09. The minimum Gasteiger partial charge on any atom is -0.423 e. The Kier molecular flexibility index (Phi) is 6.34. The molecule has 6 heteroatoms. The fraction of sp³-hybridized carbons (Fsp3) is 0.375. The largest absolute Gasteiger partial charge is 0.423 e. The monoisotopic (exact) mass is 314 g/mol. The third kappa shape index (κ3) is 5.71. The first-order chi connectivity index (χ1) is 10.2. The lowest BCUT2D eigenvalue weighted by Gasteiger charge is -2.08. The average molecular weight is 314 g/mol. The van der Waals surface area contributed by atoms with Gasteiger partial charge in [-0.25, -0.2) is 0 Å². The molecule has 1 aromatic rings. The molecule has 0 unspecified atom stereocenters. The summed E-state index contributed by atoms with van der Waals surface area (Å²) in [6, 6.07) is 4.26. The Balaban J connectivity index is 3.00. The van der Waals surface area contributed by atoms with Gasteiger partial charge in [0.25, 0.3) is 0 Å². The van der Waals surface area contributed by atoms with Crippen molar-refractivity contribution < 1.29 is 27.5 Å². The van der Waals surface area contributed by atoms with E-state index in [9.17, 15) is 22.8 Å². The highest BCUT2D eigenvalue weighted by Gasteiger charge is 2.29. The fourth-order valence-electron chi connectivity index (χ4n) is 1.70. The van der Waals surface area contributed by atoms with Crippen molar-refractivity contribution >= 4 is 17.8 Å². The molecule has 0 radical (unpaired) electrons. The van der Waals surface area contributed by atoms with Gasteiger partial charge >= 0.3 is 12.1 Å². The normalized spacial score (nSPS) is 12.1. The summed E-state index contributed by atoms with van der Waals surface area (Å²) in [6.45, 7) is 3.08. The number of esters is 1. The van der Waals surface area contributed by atoms with Crippen LogP contribution in [0.2, 0.25) is 0 Å². The van der Waals surface area contributed by atoms with Crippen molar-refractivity contribution in [3.63, 3.8) is 0 Å². The van der Waals surface area contributed by atoms with E-state index in [-0.39, 0.29) is 18.0 Å². The maximum Gasteiger partial charge on any atom is 0.416 e. The molecular formula is C16H17F3O3. The summed E-state index contributed by atoms with van der Waals surface area (Å²) in [7, 11) is 0. The highest BCUT2D eigenvalue weighted by atomic mass is 19.4. The SMILES string of the molecule is CCCCC(=O)/C(=C/c1ccc(C(F)(F)F)cc1)OC(C)=O. The number of Topliss-reactive ketones (excluding diaryl/α,β-unsaturated/α-hetero) is 1. The molecule has 0 aliphatic heterocycles. The summed E-state index contributed by atoms with van der Waals surface area (Å²) >= 11 is 0. The molecule has 120 valence electrons. The molecule has 0 N–H and O–H groups in total. The van der Waals surface area contributed by atoms with E-state index in [2.05, 4.69) is 0 Å². The van der Waals surface area contributed by atoms with Crippen molar-refractivity contribution in [1.82, 2.24) is 0 Å². The Bertz CT molecular complexity index is 557. The van der Waals surface area contributed by atoms with Crippen LogP contribution in [0, 0.1) is 0 Å². The van der Waals surface area contributed by atoms with Crippen molar-refractivity contribution in [2.45, 2.75) is 39.3 Å². The van der Waals surface area contributed by atoms with Gasteiger partial charge < -0.3 is 4.74 Å². The Morgan fingerprint density at radius 3 is 2.23 bits per heavy atom. The number of carbonyl (C=O) groups is 2. The van der Waals surface area contributed by atoms with E-state index in [1.165, 1.54) is 18.2 Å². The van der Waals surface area contributed by atoms with Gasteiger partial charge in [0, 0.05) is 13.3 Å². The van der Waals surface area contributed by atoms with Crippen molar-refractivity contribution in [2.75, 3.05) is 0 Å². The zero-order chi connectivity index (χ0) is 16.8. The molecule has 0 spiro atoms. The van der Waals surface area contributed by atoms with Crippen LogP contribution in [0.15, 0.2) is 30.0 Å². The molecule has 0 heterocycles. The maximum atomic E-state index is 12.5. The number of ether oxygens (including phenoxy) is 1. The molecule has 0 aliphatic carbocycles. The molecule has 0 aromatic heterocycles. The Morgan fingerprint density at radius 2 is 1.77 bits per heavy atom. The first-order valence-corrected chi connectivity index (χ1v) is 6.84. The maximum absolute atomic E-state index is 12.5. The number of rotatable bonds is 6. The van der Waals surface area contributed by atoms with E-state index in [1.807, 2.05) is 6.92 Å². The predicted molar refractivity (Wildman–Crippen MR) is 75.7 cm³/mol. The highest BCUT2D eigenvalue weighted by molar-refractivity contribution is 5.99. The summed E-state index contributed by atoms with van der Waals surface area (Å²) in [5, 5.41) is 0. The van der Waals surface area contributed by atoms with Crippen LogP contribution >= 0.6 is 0 Å². The summed E-state index contributed by atoms with van der Waals surface area (Å²) in [5.74, 6) is -1.15. The van der Waals surface area contributed by atoms with Gasteiger partial charge in [0.05, 0.1) is 5.56 Å². The van der Waals surface area contributed by atoms with Crippen LogP contribution in [0.5, 0.6) is 0 Å². The van der Waals surface area contributed by atoms with Crippen molar-refractivity contribution in [3.05, 3.63) is 41.2 Å². The molecule has 22 heavy (non-hydrogen) atoms. The lowest BCUT2D eigenvalue weighted by atomic mass is 10.1. The number of unbranched alkanes of at least 4 members (excludes halogenated alkanes) is 1. The highest BCUT2D eigenvalue weighted by Crippen LogP contribution is 2.29. The molecule has 0 atom stereocenters. The predicted octanol–water partition coefficient (Wildman–Crippen LogP) is 4.37. The van der Waals surface area contributed by atoms with E-state index in [1.54, 1.807) is 0 Å². The number of ketones is 1. The van der Waals surface area contributed by atoms with Crippen molar-refractivity contribution in [3.8, 4) is 0 Å². The van der Waals surface area contributed by atoms with Gasteiger partial charge in [-0.15, -0.1) is 0 Å². The van der Waals surface area contributed by atoms with Crippen molar-refractivity contribution in [1.29, 1.82) is 0 Å². The number of alkyl halides is 3. The second kappa shape index (κ2) is 7.77. The number of allylic oxidation sites excluding steroid dienone is 1. The fourth-order valence-corrected chi connectivity index (χ4v) is 1.70. The zero-order valence-electron chi connectivity index (χ0n) is 12.4. The molecule has 0 aliphatic rings. The minimum absolute atomic E-state index is 0.152. The second-order valence-electron chi connectivity index (χ2n) is 4.75. The molecule has 0 bridgehead atoms. The summed E-state index contributed by atoms with van der Waals surface area (Å²) in [4.78, 5) is 23.0. The number of halogens is 3. The summed E-state index contributed by atoms with van der Waals surface area (Å²) in [6.07, 6.45) is -1.47. The number of carbonyl (C=O) groups excluding carboxylic acids is 2. The van der Waals surface area contributed by atoms with Gasteiger partial charge in [-0.1, -0.05) is 25.5 Å². The quantitative estimate of drug-likeness (QED) is 0.445. The third-order valence-corrected chi connectivity index (χ3v) is 2.82. The topological polar surface area (TPSA) is 43.4 Å². The zero-order valence-corrected chi connectivity index (χ0v) is 12.4. The Labute approximate surface area is 126 Å². The smallest absolute Gasteiger partial charge is 0.416 e. The third-order valence-electron chi connectivity index (χ3n) is 2.82. The van der Waals surface area contributed by atoms with E-state index in [0.29, 0.717) is 12.0 Å². The molecule has 1 rings (SSSR count). The van der Waals surface area contributed by atoms with E-state index >= 15 is 0 Å². The van der Waals surface area contributed by atoms with E-state index < -0.39 is 17.7 Å². The average Bonchev–Trinajstić information content (AvgIpc) is 2.43. The molecule has 0 fully saturated rings. The van der Waals surface area contributed by atoms with Crippen LogP contribution in [-0.2, 0) is 20.5 Å². The second-order valence-corrected chi connectivity index (χ2v) is 4.75. The number of benzene rings is 1. The summed E-state index contributed by atoms with van der Waals surface area (Å²) in [5.41, 5.74) is -0.426. The molecular weight excluding hydrogens is 297 g/mol. The Hall–Kier alpha value is -2.11. The molecule has 0 amide bonds. The van der Waals surface area contributed by atoms with Gasteiger partial charge in [-0.3, -0.25) is 9.59 Å². The molecule has 0 saturated heterocycles. The lowest BCUT2D eigenvalue weighted by molar-refractivity contribution is -0.140. The van der Waals surface area contributed by atoms with Gasteiger partial charge in [-0.05, 0) is 30.2 Å². The van der Waals surface area contributed by atoms with Crippen LogP contribution in [0.3, 0.4) is 0 Å². The van der Waals surface area contributed by atoms with Gasteiger partial charge in [-0.2, -0.15) is 13.2 Å². The van der Waals surface area contributed by atoms with Gasteiger partial charge in [0.1, 0.15) is 0 Å². The number of hydrogen-bond donors (Lipinski definition) is 0. The molecule has 1 aromatic carbocycles. The first-order valence-electron chi connectivity index (χ1n) is 6.84. The first kappa shape index (κ1) is 17.9. The summed E-state index contributed by atoms with van der Waals surface area (Å²) < 4.78 is 42.3. The van der Waals surface area contributed by atoms with E-state index in [0.717, 1.165) is 25.5 Å². The van der Waals surface area contributed by atoms with Crippen LogP contribution in [0.1, 0.15) is 44.2 Å². The van der Waals surface area contributed by atoms with Crippen molar-refractivity contribution in [2.24, 2.45) is 0 Å². The van der Waals surface area contributed by atoms with Gasteiger partial charge in [0.2, 0.25) is 0 Å². The van der Waals surface area contributed by atoms with Crippen LogP contribution in [-0.4, -0.2) is 11.8 Å². The van der Waals surface area contributed by atoms with E-state index in [4.69, 9.17) is 4.74 Å². The Morgan fingerprint density at radius 1 is 1.18 bits per heavy atom. The van der Waals surface area contributed by atoms with Crippen LogP contribution < -0.4 is 0 Å². The van der Waals surface area contributed by atoms with Crippen LogP contribution in [0.4, 0.5) is 13.2 Å². The van der Waals surface area contributed by atoms with Crippen LogP contribution in [0.25, 0.3) is 6.08 Å². The minimum atomic E-state index is -4.42. The molecule has 0 saturated carbocycles. The number of hydrogen-bond acceptors (Lipinski definition) is 3. The standard InChI is InChI=1S/C16H17F3O3/c1-3-4-5-14(21)15(22-11(2)20)10-12-6-8-13(9-7-12)16(17,18)19/h6-10H,3-5H2,1-2H3/b15-10-.